The molecule has 0 saturated carbocycles. The Labute approximate surface area is 128 Å². The summed E-state index contributed by atoms with van der Waals surface area (Å²) in [5.74, 6) is 2.06. The van der Waals surface area contributed by atoms with Gasteiger partial charge >= 0.3 is 0 Å². The van der Waals surface area contributed by atoms with Gasteiger partial charge in [0.25, 0.3) is 0 Å². The monoisotopic (exact) mass is 339 g/mol. The highest BCUT2D eigenvalue weighted by Gasteiger charge is 2.30. The van der Waals surface area contributed by atoms with Crippen LogP contribution in [0, 0.1) is 0 Å². The molecule has 1 aromatic rings. The lowest BCUT2D eigenvalue weighted by Crippen LogP contribution is -2.36. The van der Waals surface area contributed by atoms with Gasteiger partial charge in [-0.3, -0.25) is 0 Å². The van der Waals surface area contributed by atoms with Gasteiger partial charge in [0.1, 0.15) is 0 Å². The van der Waals surface area contributed by atoms with E-state index in [0.29, 0.717) is 10.6 Å². The third kappa shape index (κ3) is 3.22. The topological polar surface area (TPSA) is 37.4 Å². The van der Waals surface area contributed by atoms with E-state index in [1.807, 2.05) is 0 Å². The molecule has 106 valence electrons. The highest BCUT2D eigenvalue weighted by molar-refractivity contribution is 7.99. The van der Waals surface area contributed by atoms with Gasteiger partial charge in [-0.15, -0.1) is 11.6 Å². The van der Waals surface area contributed by atoms with Crippen molar-refractivity contribution in [1.82, 2.24) is 4.31 Å². The van der Waals surface area contributed by atoms with Crippen molar-refractivity contribution in [3.63, 3.8) is 0 Å². The van der Waals surface area contributed by atoms with Crippen LogP contribution < -0.4 is 0 Å². The molecule has 0 N–H and O–H groups in total. The van der Waals surface area contributed by atoms with Gasteiger partial charge in [-0.1, -0.05) is 11.6 Å². The van der Waals surface area contributed by atoms with Crippen LogP contribution in [-0.4, -0.2) is 37.3 Å². The maximum atomic E-state index is 12.5. The van der Waals surface area contributed by atoms with E-state index in [2.05, 4.69) is 0 Å². The quantitative estimate of drug-likeness (QED) is 0.790. The van der Waals surface area contributed by atoms with Crippen molar-refractivity contribution in [3.8, 4) is 0 Å². The molecule has 1 aromatic carbocycles. The van der Waals surface area contributed by atoms with Crippen LogP contribution in [0.15, 0.2) is 23.1 Å². The molecule has 7 heteroatoms. The molecular weight excluding hydrogens is 325 g/mol. The fourth-order valence-electron chi connectivity index (χ4n) is 1.99. The third-order valence-electron chi connectivity index (χ3n) is 3.26. The van der Waals surface area contributed by atoms with Gasteiger partial charge in [-0.2, -0.15) is 16.1 Å². The predicted molar refractivity (Wildman–Crippen MR) is 81.7 cm³/mol. The summed E-state index contributed by atoms with van der Waals surface area (Å²) in [7, 11) is -1.83. The Morgan fingerprint density at radius 2 is 2.21 bits per heavy atom. The van der Waals surface area contributed by atoms with Crippen molar-refractivity contribution in [2.75, 3.05) is 18.6 Å². The Kier molecular flexibility index (Phi) is 5.06. The first-order chi connectivity index (χ1) is 8.96. The first-order valence-corrected chi connectivity index (χ1v) is 9.37. The molecular formula is C12H15Cl2NO2S2. The van der Waals surface area contributed by atoms with Crippen molar-refractivity contribution < 1.29 is 8.42 Å². The van der Waals surface area contributed by atoms with Gasteiger partial charge in [0.15, 0.2) is 0 Å². The molecule has 1 saturated heterocycles. The summed E-state index contributed by atoms with van der Waals surface area (Å²) < 4.78 is 26.5. The van der Waals surface area contributed by atoms with Crippen LogP contribution in [-0.2, 0) is 15.9 Å². The largest absolute Gasteiger partial charge is 0.243 e. The summed E-state index contributed by atoms with van der Waals surface area (Å²) >= 11 is 13.5. The second-order valence-electron chi connectivity index (χ2n) is 4.43. The average Bonchev–Trinajstić information content (AvgIpc) is 2.91. The minimum Gasteiger partial charge on any atom is -0.207 e. The van der Waals surface area contributed by atoms with Crippen LogP contribution in [0.25, 0.3) is 0 Å². The Morgan fingerprint density at radius 3 is 2.79 bits per heavy atom. The maximum absolute atomic E-state index is 12.5. The summed E-state index contributed by atoms with van der Waals surface area (Å²) in [5.41, 5.74) is 0.638. The normalized spacial score (nSPS) is 20.1. The molecule has 1 atom stereocenters. The summed E-state index contributed by atoms with van der Waals surface area (Å²) in [6.45, 7) is 0. The van der Waals surface area contributed by atoms with E-state index in [9.17, 15) is 8.42 Å². The summed E-state index contributed by atoms with van der Waals surface area (Å²) in [4.78, 5) is 0.256. The summed E-state index contributed by atoms with van der Waals surface area (Å²) in [6.07, 6.45) is 0.899. The second kappa shape index (κ2) is 6.22. The first-order valence-electron chi connectivity index (χ1n) is 5.87. The van der Waals surface area contributed by atoms with Crippen molar-refractivity contribution in [2.24, 2.45) is 0 Å². The van der Waals surface area contributed by atoms with Crippen molar-refractivity contribution in [1.29, 1.82) is 0 Å². The zero-order valence-electron chi connectivity index (χ0n) is 10.5. The van der Waals surface area contributed by atoms with Gasteiger partial charge in [0.2, 0.25) is 10.0 Å². The number of halogens is 2. The van der Waals surface area contributed by atoms with Gasteiger partial charge in [0, 0.05) is 29.7 Å². The van der Waals surface area contributed by atoms with E-state index >= 15 is 0 Å². The van der Waals surface area contributed by atoms with E-state index in [4.69, 9.17) is 23.2 Å². The number of thioether (sulfide) groups is 1. The number of sulfonamides is 1. The molecule has 1 unspecified atom stereocenters. The van der Waals surface area contributed by atoms with Crippen molar-refractivity contribution >= 4 is 45.0 Å². The molecule has 19 heavy (non-hydrogen) atoms. The van der Waals surface area contributed by atoms with Crippen LogP contribution in [0.4, 0.5) is 0 Å². The van der Waals surface area contributed by atoms with Crippen LogP contribution >= 0.6 is 35.0 Å². The highest BCUT2D eigenvalue weighted by Crippen LogP contribution is 2.28. The van der Waals surface area contributed by atoms with Crippen LogP contribution in [0.1, 0.15) is 12.0 Å². The Bertz CT molecular complexity index is 557. The molecule has 0 spiro atoms. The molecule has 1 fully saturated rings. The molecule has 0 radical (unpaired) electrons. The molecule has 1 aliphatic heterocycles. The molecule has 0 aliphatic carbocycles. The SMILES string of the molecule is CN(C1CCSC1)S(=O)(=O)c1ccc(Cl)c(CCl)c1. The number of alkyl halides is 1. The van der Waals surface area contributed by atoms with Gasteiger partial charge < -0.3 is 0 Å². The van der Waals surface area contributed by atoms with Crippen LogP contribution in [0.5, 0.6) is 0 Å². The minimum atomic E-state index is -3.47. The number of hydrogen-bond donors (Lipinski definition) is 0. The maximum Gasteiger partial charge on any atom is 0.243 e. The highest BCUT2D eigenvalue weighted by atomic mass is 35.5. The van der Waals surface area contributed by atoms with Gasteiger partial charge in [-0.25, -0.2) is 8.42 Å². The van der Waals surface area contributed by atoms with E-state index in [-0.39, 0.29) is 16.8 Å². The average molecular weight is 340 g/mol. The summed E-state index contributed by atoms with van der Waals surface area (Å²) in [5, 5.41) is 0.494. The van der Waals surface area contributed by atoms with E-state index in [1.54, 1.807) is 30.9 Å². The Hall–Kier alpha value is 0.0600. The summed E-state index contributed by atoms with van der Waals surface area (Å²) in [6, 6.07) is 4.75. The van der Waals surface area contributed by atoms with Gasteiger partial charge in [-0.05, 0) is 35.9 Å². The van der Waals surface area contributed by atoms with Crippen LogP contribution in [0.3, 0.4) is 0 Å². The predicted octanol–water partition coefficient (Wildman–Crippen LogP) is 3.20. The smallest absolute Gasteiger partial charge is 0.207 e. The lowest BCUT2D eigenvalue weighted by molar-refractivity contribution is 0.394. The second-order valence-corrected chi connectivity index (χ2v) is 8.25. The standard InChI is InChI=1S/C12H15Cl2NO2S2/c1-15(10-4-5-18-8-10)19(16,17)11-2-3-12(14)9(6-11)7-13/h2-3,6,10H,4-5,7-8H2,1H3. The van der Waals surface area contributed by atoms with Crippen molar-refractivity contribution in [2.45, 2.75) is 23.2 Å². The zero-order valence-corrected chi connectivity index (χ0v) is 13.6. The molecule has 1 aliphatic rings. The molecule has 2 rings (SSSR count). The van der Waals surface area contributed by atoms with Crippen molar-refractivity contribution in [3.05, 3.63) is 28.8 Å². The number of benzene rings is 1. The van der Waals surface area contributed by atoms with Gasteiger partial charge in [0.05, 0.1) is 4.90 Å². The third-order valence-corrected chi connectivity index (χ3v) is 6.97. The minimum absolute atomic E-state index is 0.0742. The Morgan fingerprint density at radius 1 is 1.47 bits per heavy atom. The lowest BCUT2D eigenvalue weighted by Gasteiger charge is -2.23. The van der Waals surface area contributed by atoms with E-state index in [0.717, 1.165) is 17.9 Å². The fraction of sp³-hybridized carbons (Fsp3) is 0.500. The zero-order chi connectivity index (χ0) is 14.0. The van der Waals surface area contributed by atoms with E-state index < -0.39 is 10.0 Å². The number of nitrogens with zero attached hydrogens (tertiary/aromatic N) is 1. The number of hydrogen-bond acceptors (Lipinski definition) is 3. The molecule has 1 heterocycles. The molecule has 0 amide bonds. The number of rotatable bonds is 4. The molecule has 0 bridgehead atoms. The molecule has 0 aromatic heterocycles. The first kappa shape index (κ1) is 15.4. The Balaban J connectivity index is 2.33. The van der Waals surface area contributed by atoms with Crippen LogP contribution in [0.2, 0.25) is 5.02 Å². The van der Waals surface area contributed by atoms with E-state index in [1.165, 1.54) is 10.4 Å². The fourth-order valence-corrected chi connectivity index (χ4v) is 5.26. The lowest BCUT2D eigenvalue weighted by atomic mass is 10.2. The molecule has 3 nitrogen and oxygen atoms in total.